The second-order valence-corrected chi connectivity index (χ2v) is 6.08. The van der Waals surface area contributed by atoms with Crippen molar-refractivity contribution in [1.82, 2.24) is 15.2 Å². The number of rotatable bonds is 4. The van der Waals surface area contributed by atoms with Gasteiger partial charge in [0.15, 0.2) is 5.82 Å². The van der Waals surface area contributed by atoms with E-state index in [9.17, 15) is 4.39 Å². The molecule has 0 aliphatic carbocycles. The van der Waals surface area contributed by atoms with Gasteiger partial charge in [0.25, 0.3) is 0 Å². The summed E-state index contributed by atoms with van der Waals surface area (Å²) >= 11 is 0. The van der Waals surface area contributed by atoms with Crippen molar-refractivity contribution >= 4 is 23.1 Å². The van der Waals surface area contributed by atoms with Crippen LogP contribution in [0.4, 0.5) is 27.5 Å². The fourth-order valence-corrected chi connectivity index (χ4v) is 3.00. The maximum Gasteiger partial charge on any atom is 0.249 e. The number of hydrogen-bond donors (Lipinski definition) is 1. The van der Waals surface area contributed by atoms with Crippen molar-refractivity contribution in [2.75, 3.05) is 41.3 Å². The molecule has 4 rings (SSSR count). The van der Waals surface area contributed by atoms with Gasteiger partial charge in [0.1, 0.15) is 5.82 Å². The van der Waals surface area contributed by atoms with Crippen molar-refractivity contribution < 1.29 is 4.39 Å². The Labute approximate surface area is 151 Å². The Bertz CT molecular complexity index is 847. The number of nitrogens with zero attached hydrogens (tertiary/aromatic N) is 5. The van der Waals surface area contributed by atoms with Crippen LogP contribution >= 0.6 is 0 Å². The summed E-state index contributed by atoms with van der Waals surface area (Å²) in [7, 11) is 0. The fourth-order valence-electron chi connectivity index (χ4n) is 3.00. The van der Waals surface area contributed by atoms with Crippen molar-refractivity contribution in [1.29, 1.82) is 0 Å². The minimum absolute atomic E-state index is 0.278. The highest BCUT2D eigenvalue weighted by molar-refractivity contribution is 5.54. The van der Waals surface area contributed by atoms with Gasteiger partial charge in [-0.1, -0.05) is 18.2 Å². The molecule has 1 fully saturated rings. The second kappa shape index (κ2) is 7.35. The van der Waals surface area contributed by atoms with Gasteiger partial charge in [-0.05, 0) is 36.4 Å². The standard InChI is InChI=1S/C19H19FN6/c20-15-6-8-16(9-7-15)22-19-23-18(14-21-24-19)26-12-10-25(11-13-26)17-4-2-1-3-5-17/h1-9,14H,10-13H2,(H,22,23,24). The van der Waals surface area contributed by atoms with Crippen LogP contribution in [0.3, 0.4) is 0 Å². The van der Waals surface area contributed by atoms with E-state index < -0.39 is 0 Å². The van der Waals surface area contributed by atoms with Crippen molar-refractivity contribution in [3.05, 3.63) is 66.6 Å². The summed E-state index contributed by atoms with van der Waals surface area (Å²) in [5.41, 5.74) is 1.96. The molecule has 3 aromatic rings. The van der Waals surface area contributed by atoms with Gasteiger partial charge in [0.2, 0.25) is 5.95 Å². The van der Waals surface area contributed by atoms with Gasteiger partial charge < -0.3 is 15.1 Å². The Kier molecular flexibility index (Phi) is 4.59. The fraction of sp³-hybridized carbons (Fsp3) is 0.211. The SMILES string of the molecule is Fc1ccc(Nc2nncc(N3CCN(c4ccccc4)CC3)n2)cc1. The maximum absolute atomic E-state index is 13.0. The third-order valence-corrected chi connectivity index (χ3v) is 4.37. The number of halogens is 1. The summed E-state index contributed by atoms with van der Waals surface area (Å²) in [6.07, 6.45) is 1.67. The lowest BCUT2D eigenvalue weighted by atomic mass is 10.2. The summed E-state index contributed by atoms with van der Waals surface area (Å²) in [4.78, 5) is 9.10. The molecule has 0 unspecified atom stereocenters. The predicted molar refractivity (Wildman–Crippen MR) is 100 cm³/mol. The monoisotopic (exact) mass is 350 g/mol. The minimum atomic E-state index is -0.278. The number of benzene rings is 2. The Morgan fingerprint density at radius 2 is 1.54 bits per heavy atom. The van der Waals surface area contributed by atoms with Crippen LogP contribution in [0.25, 0.3) is 0 Å². The van der Waals surface area contributed by atoms with Crippen LogP contribution in [0.15, 0.2) is 60.8 Å². The normalized spacial score (nSPS) is 14.3. The third-order valence-electron chi connectivity index (χ3n) is 4.37. The average Bonchev–Trinajstić information content (AvgIpc) is 2.71. The summed E-state index contributed by atoms with van der Waals surface area (Å²) in [6, 6.07) is 16.5. The van der Waals surface area contributed by atoms with Gasteiger partial charge in [-0.15, -0.1) is 5.10 Å². The zero-order chi connectivity index (χ0) is 17.8. The van der Waals surface area contributed by atoms with Crippen molar-refractivity contribution in [3.8, 4) is 0 Å². The molecule has 132 valence electrons. The van der Waals surface area contributed by atoms with Gasteiger partial charge in [0, 0.05) is 37.6 Å². The van der Waals surface area contributed by atoms with Crippen LogP contribution in [0, 0.1) is 5.82 Å². The zero-order valence-electron chi connectivity index (χ0n) is 14.2. The molecule has 0 bridgehead atoms. The van der Waals surface area contributed by atoms with E-state index in [4.69, 9.17) is 0 Å². The first-order chi connectivity index (χ1) is 12.8. The number of aromatic nitrogens is 3. The van der Waals surface area contributed by atoms with E-state index >= 15 is 0 Å². The average molecular weight is 350 g/mol. The van der Waals surface area contributed by atoms with Crippen LogP contribution in [0.5, 0.6) is 0 Å². The first-order valence-electron chi connectivity index (χ1n) is 8.55. The third kappa shape index (κ3) is 3.72. The van der Waals surface area contributed by atoms with E-state index in [0.29, 0.717) is 5.95 Å². The van der Waals surface area contributed by atoms with Crippen LogP contribution in [-0.4, -0.2) is 41.4 Å². The van der Waals surface area contributed by atoms with Gasteiger partial charge in [-0.3, -0.25) is 0 Å². The molecule has 2 heterocycles. The molecule has 1 aliphatic rings. The van der Waals surface area contributed by atoms with Crippen molar-refractivity contribution in [3.63, 3.8) is 0 Å². The number of hydrogen-bond acceptors (Lipinski definition) is 6. The van der Waals surface area contributed by atoms with Crippen LogP contribution < -0.4 is 15.1 Å². The Morgan fingerprint density at radius 1 is 0.846 bits per heavy atom. The lowest BCUT2D eigenvalue weighted by Crippen LogP contribution is -2.46. The molecular weight excluding hydrogens is 331 g/mol. The van der Waals surface area contributed by atoms with Crippen LogP contribution in [0.1, 0.15) is 0 Å². The smallest absolute Gasteiger partial charge is 0.249 e. The highest BCUT2D eigenvalue weighted by atomic mass is 19.1. The van der Waals surface area contributed by atoms with Gasteiger partial charge in [-0.2, -0.15) is 10.1 Å². The molecule has 7 heteroatoms. The van der Waals surface area contributed by atoms with Gasteiger partial charge in [0.05, 0.1) is 6.20 Å². The highest BCUT2D eigenvalue weighted by Gasteiger charge is 2.19. The maximum atomic E-state index is 13.0. The van der Waals surface area contributed by atoms with E-state index in [1.165, 1.54) is 17.8 Å². The van der Waals surface area contributed by atoms with E-state index in [0.717, 1.165) is 37.7 Å². The first-order valence-corrected chi connectivity index (χ1v) is 8.55. The zero-order valence-corrected chi connectivity index (χ0v) is 14.2. The minimum Gasteiger partial charge on any atom is -0.368 e. The number of anilines is 4. The summed E-state index contributed by atoms with van der Waals surface area (Å²) in [6.45, 7) is 3.58. The second-order valence-electron chi connectivity index (χ2n) is 6.08. The van der Waals surface area contributed by atoms with Crippen LogP contribution in [-0.2, 0) is 0 Å². The molecule has 0 atom stereocenters. The molecule has 0 amide bonds. The summed E-state index contributed by atoms with van der Waals surface area (Å²) < 4.78 is 13.0. The Balaban J connectivity index is 1.42. The molecule has 1 aliphatic heterocycles. The van der Waals surface area contributed by atoms with Crippen molar-refractivity contribution in [2.24, 2.45) is 0 Å². The molecule has 1 N–H and O–H groups in total. The van der Waals surface area contributed by atoms with E-state index in [2.05, 4.69) is 54.6 Å². The molecule has 0 radical (unpaired) electrons. The van der Waals surface area contributed by atoms with Gasteiger partial charge >= 0.3 is 0 Å². The molecule has 0 spiro atoms. The summed E-state index contributed by atoms with van der Waals surface area (Å²) in [5.74, 6) is 0.913. The van der Waals surface area contributed by atoms with Crippen LogP contribution in [0.2, 0.25) is 0 Å². The first kappa shape index (κ1) is 16.3. The molecule has 0 saturated carbocycles. The van der Waals surface area contributed by atoms with E-state index in [-0.39, 0.29) is 5.82 Å². The molecule has 2 aromatic carbocycles. The van der Waals surface area contributed by atoms with Crippen molar-refractivity contribution in [2.45, 2.75) is 0 Å². The van der Waals surface area contributed by atoms with Gasteiger partial charge in [-0.25, -0.2) is 4.39 Å². The predicted octanol–water partition coefficient (Wildman–Crippen LogP) is 3.08. The quantitative estimate of drug-likeness (QED) is 0.780. The number of piperazine rings is 1. The molecule has 6 nitrogen and oxygen atoms in total. The molecule has 1 aromatic heterocycles. The number of nitrogens with one attached hydrogen (secondary N) is 1. The molecular formula is C19H19FN6. The lowest BCUT2D eigenvalue weighted by molar-refractivity contribution is 0.628. The Morgan fingerprint density at radius 3 is 2.27 bits per heavy atom. The van der Waals surface area contributed by atoms with E-state index in [1.807, 2.05) is 6.07 Å². The molecule has 1 saturated heterocycles. The highest BCUT2D eigenvalue weighted by Crippen LogP contribution is 2.20. The Hall–Kier alpha value is -3.22. The van der Waals surface area contributed by atoms with E-state index in [1.54, 1.807) is 18.3 Å². The number of para-hydroxylation sites is 1. The lowest BCUT2D eigenvalue weighted by Gasteiger charge is -2.36. The largest absolute Gasteiger partial charge is 0.368 e. The topological polar surface area (TPSA) is 57.2 Å². The molecule has 26 heavy (non-hydrogen) atoms. The summed E-state index contributed by atoms with van der Waals surface area (Å²) in [5, 5.41) is 11.1.